The lowest BCUT2D eigenvalue weighted by Crippen LogP contribution is -1.92. The summed E-state index contributed by atoms with van der Waals surface area (Å²) in [4.78, 5) is 0. The number of tetrazole rings is 1. The van der Waals surface area contributed by atoms with Crippen LogP contribution in [0.5, 0.6) is 0 Å². The highest BCUT2D eigenvalue weighted by Gasteiger charge is 1.94. The van der Waals surface area contributed by atoms with Gasteiger partial charge in [0.25, 0.3) is 0 Å². The van der Waals surface area contributed by atoms with Crippen LogP contribution < -0.4 is 0 Å². The fourth-order valence-corrected chi connectivity index (χ4v) is 0.745. The van der Waals surface area contributed by atoms with Crippen LogP contribution in [0.15, 0.2) is 12.3 Å². The zero-order chi connectivity index (χ0) is 6.97. The highest BCUT2D eigenvalue weighted by molar-refractivity contribution is 5.35. The van der Waals surface area contributed by atoms with Crippen molar-refractivity contribution in [2.75, 3.05) is 0 Å². The molecule has 0 aromatic carbocycles. The first-order chi connectivity index (χ1) is 4.86. The van der Waals surface area contributed by atoms with Crippen molar-refractivity contribution in [1.82, 2.24) is 25.3 Å². The highest BCUT2D eigenvalue weighted by Crippen LogP contribution is 1.96. The van der Waals surface area contributed by atoms with Crippen LogP contribution in [0.4, 0.5) is 0 Å². The molecule has 10 heavy (non-hydrogen) atoms. The molecule has 0 atom stereocenters. The Morgan fingerprint density at radius 3 is 3.30 bits per heavy atom. The van der Waals surface area contributed by atoms with E-state index in [1.165, 1.54) is 4.63 Å². The molecule has 0 bridgehead atoms. The third-order valence-corrected chi connectivity index (χ3v) is 1.20. The van der Waals surface area contributed by atoms with Crippen molar-refractivity contribution in [3.8, 4) is 0 Å². The number of nitrogens with zero attached hydrogens (tertiary/aromatic N) is 5. The minimum absolute atomic E-state index is 0.681. The van der Waals surface area contributed by atoms with Crippen molar-refractivity contribution >= 4 is 5.65 Å². The minimum Gasteiger partial charge on any atom is -0.155 e. The Balaban J connectivity index is 2.86. The molecule has 0 radical (unpaired) electrons. The average Bonchev–Trinajstić information content (AvgIpc) is 2.33. The molecule has 5 heteroatoms. The van der Waals surface area contributed by atoms with E-state index in [4.69, 9.17) is 0 Å². The molecule has 0 spiro atoms. The van der Waals surface area contributed by atoms with E-state index in [9.17, 15) is 0 Å². The molecule has 0 unspecified atom stereocenters. The van der Waals surface area contributed by atoms with Gasteiger partial charge in [0.1, 0.15) is 0 Å². The van der Waals surface area contributed by atoms with Crippen molar-refractivity contribution < 1.29 is 0 Å². The first-order valence-corrected chi connectivity index (χ1v) is 2.87. The van der Waals surface area contributed by atoms with Gasteiger partial charge >= 0.3 is 0 Å². The lowest BCUT2D eigenvalue weighted by atomic mass is 10.3. The van der Waals surface area contributed by atoms with Gasteiger partial charge in [-0.25, -0.2) is 0 Å². The molecular weight excluding hydrogens is 130 g/mol. The van der Waals surface area contributed by atoms with Crippen LogP contribution in [0, 0.1) is 6.92 Å². The number of aromatic nitrogens is 5. The van der Waals surface area contributed by atoms with Crippen molar-refractivity contribution in [3.63, 3.8) is 0 Å². The van der Waals surface area contributed by atoms with E-state index in [0.717, 1.165) is 5.56 Å². The van der Waals surface area contributed by atoms with Crippen LogP contribution in [0.2, 0.25) is 0 Å². The summed E-state index contributed by atoms with van der Waals surface area (Å²) >= 11 is 0. The van der Waals surface area contributed by atoms with Crippen LogP contribution in [0.1, 0.15) is 5.56 Å². The Labute approximate surface area is 56.7 Å². The molecule has 2 aromatic rings. The number of hydrogen-bond acceptors (Lipinski definition) is 4. The molecule has 5 nitrogen and oxygen atoms in total. The Hall–Kier alpha value is -1.52. The van der Waals surface area contributed by atoms with Gasteiger partial charge in [0.15, 0.2) is 5.65 Å². The summed E-state index contributed by atoms with van der Waals surface area (Å²) < 4.78 is 1.38. The molecule has 2 aromatic heterocycles. The molecule has 0 aliphatic heterocycles. The summed E-state index contributed by atoms with van der Waals surface area (Å²) in [6.07, 6.45) is 1.71. The zero-order valence-corrected chi connectivity index (χ0v) is 5.39. The van der Waals surface area contributed by atoms with E-state index in [-0.39, 0.29) is 0 Å². The van der Waals surface area contributed by atoms with Crippen LogP contribution >= 0.6 is 0 Å². The van der Waals surface area contributed by atoms with E-state index in [1.807, 2.05) is 13.0 Å². The lowest BCUT2D eigenvalue weighted by molar-refractivity contribution is 0.731. The number of aryl methyl sites for hydroxylation is 1. The largest absolute Gasteiger partial charge is 0.200 e. The Bertz CT molecular complexity index is 352. The Morgan fingerprint density at radius 1 is 1.50 bits per heavy atom. The summed E-state index contributed by atoms with van der Waals surface area (Å²) in [5.41, 5.74) is 1.74. The fraction of sp³-hybridized carbons (Fsp3) is 0.200. The average molecular weight is 135 g/mol. The molecule has 0 saturated heterocycles. The van der Waals surface area contributed by atoms with Gasteiger partial charge in [0.2, 0.25) is 0 Å². The topological polar surface area (TPSA) is 56.0 Å². The van der Waals surface area contributed by atoms with Gasteiger partial charge < -0.3 is 0 Å². The molecule has 2 heterocycles. The van der Waals surface area contributed by atoms with Crippen LogP contribution in [-0.2, 0) is 0 Å². The van der Waals surface area contributed by atoms with E-state index < -0.39 is 0 Å². The van der Waals surface area contributed by atoms with Crippen molar-refractivity contribution in [1.29, 1.82) is 0 Å². The van der Waals surface area contributed by atoms with E-state index in [2.05, 4.69) is 20.6 Å². The summed E-state index contributed by atoms with van der Waals surface area (Å²) in [6, 6.07) is 1.87. The smallest absolute Gasteiger partial charge is 0.155 e. The molecular formula is C5H5N5. The third-order valence-electron chi connectivity index (χ3n) is 1.20. The maximum Gasteiger partial charge on any atom is 0.200 e. The van der Waals surface area contributed by atoms with Crippen LogP contribution in [-0.4, -0.2) is 25.3 Å². The molecule has 0 fully saturated rings. The molecule has 0 aliphatic carbocycles. The standard InChI is InChI=1S/C5H5N5/c1-4-2-5-7-8-9-10(5)6-3-4/h2-3H,1H3. The SMILES string of the molecule is Cc1cnn2nnnc2c1. The van der Waals surface area contributed by atoms with Crippen molar-refractivity contribution in [2.45, 2.75) is 6.92 Å². The summed E-state index contributed by atoms with van der Waals surface area (Å²) in [7, 11) is 0. The van der Waals surface area contributed by atoms with Gasteiger partial charge in [-0.15, -0.1) is 9.73 Å². The lowest BCUT2D eigenvalue weighted by Gasteiger charge is -1.87. The molecule has 50 valence electrons. The summed E-state index contributed by atoms with van der Waals surface area (Å²) in [5.74, 6) is 0. The second kappa shape index (κ2) is 1.73. The Kier molecular flexibility index (Phi) is 0.913. The summed E-state index contributed by atoms with van der Waals surface area (Å²) in [5, 5.41) is 14.7. The second-order valence-corrected chi connectivity index (χ2v) is 2.06. The number of hydrogen-bond donors (Lipinski definition) is 0. The fourth-order valence-electron chi connectivity index (χ4n) is 0.745. The van der Waals surface area contributed by atoms with Gasteiger partial charge in [0, 0.05) is 0 Å². The first-order valence-electron chi connectivity index (χ1n) is 2.87. The van der Waals surface area contributed by atoms with Crippen molar-refractivity contribution in [3.05, 3.63) is 17.8 Å². The normalized spacial score (nSPS) is 10.5. The van der Waals surface area contributed by atoms with Gasteiger partial charge in [-0.3, -0.25) is 0 Å². The van der Waals surface area contributed by atoms with Crippen molar-refractivity contribution in [2.24, 2.45) is 0 Å². The highest BCUT2D eigenvalue weighted by atomic mass is 15.6. The maximum absolute atomic E-state index is 3.92. The number of rotatable bonds is 0. The van der Waals surface area contributed by atoms with Gasteiger partial charge in [0.05, 0.1) is 6.20 Å². The quantitative estimate of drug-likeness (QED) is 0.503. The van der Waals surface area contributed by atoms with E-state index in [0.29, 0.717) is 5.65 Å². The first kappa shape index (κ1) is 5.28. The second-order valence-electron chi connectivity index (χ2n) is 2.06. The Morgan fingerprint density at radius 2 is 2.40 bits per heavy atom. The predicted molar refractivity (Wildman–Crippen MR) is 33.3 cm³/mol. The van der Waals surface area contributed by atoms with E-state index >= 15 is 0 Å². The third kappa shape index (κ3) is 0.637. The van der Waals surface area contributed by atoms with Crippen LogP contribution in [0.25, 0.3) is 5.65 Å². The zero-order valence-electron chi connectivity index (χ0n) is 5.39. The predicted octanol–water partition coefficient (Wildman–Crippen LogP) is -0.172. The molecule has 0 amide bonds. The maximum atomic E-state index is 3.92. The minimum atomic E-state index is 0.681. The number of fused-ring (bicyclic) bond motifs is 1. The summed E-state index contributed by atoms with van der Waals surface area (Å²) in [6.45, 7) is 1.95. The van der Waals surface area contributed by atoms with E-state index in [1.54, 1.807) is 6.20 Å². The van der Waals surface area contributed by atoms with Crippen LogP contribution in [0.3, 0.4) is 0 Å². The molecule has 0 saturated carbocycles. The van der Waals surface area contributed by atoms with Gasteiger partial charge in [-0.05, 0) is 29.0 Å². The van der Waals surface area contributed by atoms with Gasteiger partial charge in [-0.2, -0.15) is 5.10 Å². The molecule has 0 aliphatic rings. The van der Waals surface area contributed by atoms with Gasteiger partial charge in [-0.1, -0.05) is 0 Å². The molecule has 2 rings (SSSR count). The molecule has 0 N–H and O–H groups in total. The monoisotopic (exact) mass is 135 g/mol.